The molecule has 0 aromatic carbocycles. The van der Waals surface area contributed by atoms with Crippen molar-refractivity contribution in [1.29, 1.82) is 0 Å². The van der Waals surface area contributed by atoms with E-state index in [2.05, 4.69) is 25.9 Å². The average molecular weight is 270 g/mol. The van der Waals surface area contributed by atoms with Crippen LogP contribution in [-0.4, -0.2) is 14.5 Å². The Morgan fingerprint density at radius 1 is 1.47 bits per heavy atom. The smallest absolute Gasteiger partial charge is 0.174 e. The summed E-state index contributed by atoms with van der Waals surface area (Å²) in [7, 11) is 0. The summed E-state index contributed by atoms with van der Waals surface area (Å²) < 4.78 is 15.9. The lowest BCUT2D eigenvalue weighted by Crippen LogP contribution is -2.04. The Bertz CT molecular complexity index is 481. The lowest BCUT2D eigenvalue weighted by molar-refractivity contribution is 0.605. The summed E-state index contributed by atoms with van der Waals surface area (Å²) in [6.45, 7) is 1.97. The molecule has 2 heterocycles. The van der Waals surface area contributed by atoms with Crippen LogP contribution in [0.4, 0.5) is 4.39 Å². The van der Waals surface area contributed by atoms with Crippen molar-refractivity contribution in [1.82, 2.24) is 14.5 Å². The molecule has 78 valence electrons. The van der Waals surface area contributed by atoms with Gasteiger partial charge in [-0.05, 0) is 22.0 Å². The molecule has 0 aliphatic rings. The van der Waals surface area contributed by atoms with Crippen molar-refractivity contribution >= 4 is 15.9 Å². The quantitative estimate of drug-likeness (QED) is 0.840. The van der Waals surface area contributed by atoms with Crippen molar-refractivity contribution in [2.45, 2.75) is 13.3 Å². The van der Waals surface area contributed by atoms with Gasteiger partial charge in [-0.2, -0.15) is 0 Å². The summed E-state index contributed by atoms with van der Waals surface area (Å²) in [5.74, 6) is 0.716. The zero-order chi connectivity index (χ0) is 10.8. The van der Waals surface area contributed by atoms with Gasteiger partial charge < -0.3 is 0 Å². The largest absolute Gasteiger partial charge is 0.285 e. The second-order valence-corrected chi connectivity index (χ2v) is 3.94. The van der Waals surface area contributed by atoms with Crippen LogP contribution in [0.5, 0.6) is 0 Å². The second kappa shape index (κ2) is 4.10. The molecule has 0 unspecified atom stereocenters. The first-order valence-electron chi connectivity index (χ1n) is 4.56. The third kappa shape index (κ3) is 1.92. The Morgan fingerprint density at radius 3 is 2.93 bits per heavy atom. The molecule has 0 aliphatic heterocycles. The molecule has 0 amide bonds. The van der Waals surface area contributed by atoms with Gasteiger partial charge >= 0.3 is 0 Å². The van der Waals surface area contributed by atoms with Gasteiger partial charge in [0.05, 0.1) is 0 Å². The fourth-order valence-electron chi connectivity index (χ4n) is 1.37. The van der Waals surface area contributed by atoms with Gasteiger partial charge in [-0.15, -0.1) is 0 Å². The molecule has 0 spiro atoms. The average Bonchev–Trinajstić information content (AvgIpc) is 2.65. The predicted octanol–water partition coefficient (Wildman–Crippen LogP) is 2.73. The maximum absolute atomic E-state index is 13.6. The van der Waals surface area contributed by atoms with Gasteiger partial charge in [0, 0.05) is 29.5 Å². The summed E-state index contributed by atoms with van der Waals surface area (Å²) in [5.41, 5.74) is 0. The lowest BCUT2D eigenvalue weighted by atomic mass is 10.4. The zero-order valence-electron chi connectivity index (χ0n) is 8.11. The SMILES string of the molecule is CCc1nccn1-c1ncc(Br)cc1F. The fourth-order valence-corrected chi connectivity index (χ4v) is 1.68. The second-order valence-electron chi connectivity index (χ2n) is 3.03. The molecule has 0 bridgehead atoms. The molecule has 0 fully saturated rings. The molecule has 2 aromatic rings. The van der Waals surface area contributed by atoms with Crippen molar-refractivity contribution in [2.24, 2.45) is 0 Å². The van der Waals surface area contributed by atoms with Crippen LogP contribution in [0.15, 0.2) is 29.1 Å². The van der Waals surface area contributed by atoms with Gasteiger partial charge in [-0.25, -0.2) is 14.4 Å². The first-order chi connectivity index (χ1) is 7.22. The predicted molar refractivity (Wildman–Crippen MR) is 58.4 cm³/mol. The Labute approximate surface area is 95.1 Å². The highest BCUT2D eigenvalue weighted by Crippen LogP contribution is 2.17. The highest BCUT2D eigenvalue weighted by molar-refractivity contribution is 9.10. The van der Waals surface area contributed by atoms with E-state index >= 15 is 0 Å². The Balaban J connectivity index is 2.54. The van der Waals surface area contributed by atoms with E-state index in [0.29, 0.717) is 4.47 Å². The molecule has 0 saturated heterocycles. The number of hydrogen-bond donors (Lipinski definition) is 0. The minimum atomic E-state index is -0.364. The number of nitrogens with zero attached hydrogens (tertiary/aromatic N) is 3. The summed E-state index contributed by atoms with van der Waals surface area (Å²) in [5, 5.41) is 0. The van der Waals surface area contributed by atoms with Gasteiger partial charge in [0.25, 0.3) is 0 Å². The first-order valence-corrected chi connectivity index (χ1v) is 5.35. The standard InChI is InChI=1S/C10H9BrFN3/c1-2-9-13-3-4-15(9)10-8(12)5-7(11)6-14-10/h3-6H,2H2,1H3. The molecule has 2 aromatic heterocycles. The van der Waals surface area contributed by atoms with E-state index in [4.69, 9.17) is 0 Å². The molecule has 0 aliphatic carbocycles. The van der Waals surface area contributed by atoms with E-state index in [0.717, 1.165) is 12.2 Å². The number of halogens is 2. The van der Waals surface area contributed by atoms with Crippen molar-refractivity contribution < 1.29 is 4.39 Å². The molecule has 0 N–H and O–H groups in total. The number of rotatable bonds is 2. The summed E-state index contributed by atoms with van der Waals surface area (Å²) in [4.78, 5) is 8.15. The Hall–Kier alpha value is -1.23. The molecule has 2 rings (SSSR count). The normalized spacial score (nSPS) is 10.6. The topological polar surface area (TPSA) is 30.7 Å². The Morgan fingerprint density at radius 2 is 2.27 bits per heavy atom. The number of pyridine rings is 1. The molecule has 15 heavy (non-hydrogen) atoms. The lowest BCUT2D eigenvalue weighted by Gasteiger charge is -2.06. The van der Waals surface area contributed by atoms with E-state index < -0.39 is 0 Å². The van der Waals surface area contributed by atoms with Crippen molar-refractivity contribution in [3.63, 3.8) is 0 Å². The minimum absolute atomic E-state index is 0.285. The summed E-state index contributed by atoms with van der Waals surface area (Å²) >= 11 is 3.17. The van der Waals surface area contributed by atoms with Crippen LogP contribution < -0.4 is 0 Å². The van der Waals surface area contributed by atoms with E-state index in [9.17, 15) is 4.39 Å². The van der Waals surface area contributed by atoms with Crippen LogP contribution in [0.1, 0.15) is 12.7 Å². The fraction of sp³-hybridized carbons (Fsp3) is 0.200. The molecule has 0 atom stereocenters. The van der Waals surface area contributed by atoms with Crippen molar-refractivity contribution in [3.05, 3.63) is 40.8 Å². The van der Waals surface area contributed by atoms with Crippen molar-refractivity contribution in [3.8, 4) is 5.82 Å². The minimum Gasteiger partial charge on any atom is -0.285 e. The van der Waals surface area contributed by atoms with Gasteiger partial charge in [-0.1, -0.05) is 6.92 Å². The monoisotopic (exact) mass is 269 g/mol. The first kappa shape index (κ1) is 10.3. The molecule has 5 heteroatoms. The molecule has 0 saturated carbocycles. The van der Waals surface area contributed by atoms with Crippen LogP contribution >= 0.6 is 15.9 Å². The van der Waals surface area contributed by atoms with E-state index in [1.165, 1.54) is 6.07 Å². The van der Waals surface area contributed by atoms with E-state index in [1.54, 1.807) is 23.2 Å². The maximum Gasteiger partial charge on any atom is 0.174 e. The van der Waals surface area contributed by atoms with Crippen LogP contribution in [0.2, 0.25) is 0 Å². The van der Waals surface area contributed by atoms with Crippen LogP contribution in [0, 0.1) is 5.82 Å². The summed E-state index contributed by atoms with van der Waals surface area (Å²) in [6.07, 6.45) is 5.65. The number of aromatic nitrogens is 3. The third-order valence-corrected chi connectivity index (χ3v) is 2.48. The van der Waals surface area contributed by atoms with Crippen LogP contribution in [-0.2, 0) is 6.42 Å². The van der Waals surface area contributed by atoms with Crippen molar-refractivity contribution in [2.75, 3.05) is 0 Å². The highest BCUT2D eigenvalue weighted by atomic mass is 79.9. The molecular weight excluding hydrogens is 261 g/mol. The maximum atomic E-state index is 13.6. The van der Waals surface area contributed by atoms with E-state index in [-0.39, 0.29) is 11.6 Å². The van der Waals surface area contributed by atoms with Crippen LogP contribution in [0.3, 0.4) is 0 Å². The van der Waals surface area contributed by atoms with Gasteiger partial charge in [0.15, 0.2) is 11.6 Å². The molecular formula is C10H9BrFN3. The molecule has 0 radical (unpaired) electrons. The highest BCUT2D eigenvalue weighted by Gasteiger charge is 2.09. The van der Waals surface area contributed by atoms with Gasteiger partial charge in [0.1, 0.15) is 5.82 Å². The Kier molecular flexibility index (Phi) is 2.81. The van der Waals surface area contributed by atoms with Gasteiger partial charge in [0.2, 0.25) is 0 Å². The number of aryl methyl sites for hydroxylation is 1. The number of hydrogen-bond acceptors (Lipinski definition) is 2. The van der Waals surface area contributed by atoms with E-state index in [1.807, 2.05) is 6.92 Å². The summed E-state index contributed by atoms with van der Waals surface area (Å²) in [6, 6.07) is 1.39. The third-order valence-electron chi connectivity index (χ3n) is 2.05. The van der Waals surface area contributed by atoms with Crippen LogP contribution in [0.25, 0.3) is 5.82 Å². The zero-order valence-corrected chi connectivity index (χ0v) is 9.70. The van der Waals surface area contributed by atoms with Gasteiger partial charge in [-0.3, -0.25) is 4.57 Å². The number of imidazole rings is 1. The molecule has 3 nitrogen and oxygen atoms in total.